The number of hydrogen-bond acceptors (Lipinski definition) is 11. The van der Waals surface area contributed by atoms with E-state index in [4.69, 9.17) is 52.8 Å². The van der Waals surface area contributed by atoms with Crippen molar-refractivity contribution >= 4 is 0 Å². The highest BCUT2D eigenvalue weighted by molar-refractivity contribution is 4.60. The normalized spacial score (nSPS) is 17.8. The highest BCUT2D eigenvalue weighted by Gasteiger charge is 2.13. The third-order valence-corrected chi connectivity index (χ3v) is 5.48. The summed E-state index contributed by atoms with van der Waals surface area (Å²) in [6, 6.07) is 0. The predicted molar refractivity (Wildman–Crippen MR) is 164 cm³/mol. The molecule has 0 aromatic carbocycles. The molecule has 0 aromatic rings. The fraction of sp³-hybridized carbons (Fsp3) is 0.871. The Morgan fingerprint density at radius 1 is 0.381 bits per heavy atom. The lowest BCUT2D eigenvalue weighted by atomic mass is 10.3. The fourth-order valence-corrected chi connectivity index (χ4v) is 2.85. The first-order valence-corrected chi connectivity index (χ1v) is 14.9. The van der Waals surface area contributed by atoms with Crippen LogP contribution in [0.3, 0.4) is 0 Å². The molecule has 0 saturated carbocycles. The summed E-state index contributed by atoms with van der Waals surface area (Å²) in [7, 11) is 0. The number of aliphatic hydroxyl groups is 2. The van der Waals surface area contributed by atoms with E-state index in [2.05, 4.69) is 13.2 Å². The lowest BCUT2D eigenvalue weighted by molar-refractivity contribution is -0.0940. The first kappa shape index (κ1) is 42.9. The SMILES string of the molecule is C=COC(C)COC(C)COC(C)COC(C)CO.C=COC(C)COC(C)COC(C)COC(C)COC(C)CO. The first-order chi connectivity index (χ1) is 19.9. The zero-order chi connectivity index (χ0) is 32.3. The van der Waals surface area contributed by atoms with E-state index in [9.17, 15) is 0 Å². The molecule has 0 spiro atoms. The van der Waals surface area contributed by atoms with Gasteiger partial charge in [0.05, 0.1) is 115 Å². The molecule has 9 unspecified atom stereocenters. The molecule has 0 rings (SSSR count). The quantitative estimate of drug-likeness (QED) is 0.132. The third kappa shape index (κ3) is 28.8. The molecule has 11 heteroatoms. The van der Waals surface area contributed by atoms with Gasteiger partial charge in [0.25, 0.3) is 0 Å². The van der Waals surface area contributed by atoms with Crippen LogP contribution in [-0.4, -0.2) is 125 Å². The van der Waals surface area contributed by atoms with Crippen molar-refractivity contribution in [2.75, 3.05) is 59.5 Å². The topological polar surface area (TPSA) is 124 Å². The van der Waals surface area contributed by atoms with Crippen molar-refractivity contribution in [1.29, 1.82) is 0 Å². The molecule has 0 bridgehead atoms. The first-order valence-electron chi connectivity index (χ1n) is 14.9. The van der Waals surface area contributed by atoms with Crippen molar-refractivity contribution in [3.63, 3.8) is 0 Å². The zero-order valence-corrected chi connectivity index (χ0v) is 27.7. The second kappa shape index (κ2) is 28.5. The summed E-state index contributed by atoms with van der Waals surface area (Å²) in [6.45, 7) is 27.7. The molecule has 0 amide bonds. The van der Waals surface area contributed by atoms with Gasteiger partial charge in [-0.05, 0) is 62.3 Å². The van der Waals surface area contributed by atoms with Gasteiger partial charge in [0.2, 0.25) is 0 Å². The molecule has 11 nitrogen and oxygen atoms in total. The van der Waals surface area contributed by atoms with Crippen molar-refractivity contribution in [3.05, 3.63) is 25.7 Å². The minimum atomic E-state index is -0.166. The molecule has 0 aliphatic carbocycles. The van der Waals surface area contributed by atoms with Gasteiger partial charge in [0, 0.05) is 0 Å². The van der Waals surface area contributed by atoms with E-state index in [0.29, 0.717) is 46.2 Å². The Hall–Kier alpha value is -1.28. The number of ether oxygens (including phenoxy) is 9. The average Bonchev–Trinajstić information content (AvgIpc) is 2.97. The molecule has 0 aromatic heterocycles. The van der Waals surface area contributed by atoms with Crippen molar-refractivity contribution in [3.8, 4) is 0 Å². The van der Waals surface area contributed by atoms with E-state index in [0.717, 1.165) is 0 Å². The molecule has 42 heavy (non-hydrogen) atoms. The maximum atomic E-state index is 8.89. The highest BCUT2D eigenvalue weighted by atomic mass is 16.6. The Labute approximate surface area is 255 Å². The van der Waals surface area contributed by atoms with Crippen LogP contribution in [0.1, 0.15) is 62.3 Å². The van der Waals surface area contributed by atoms with Gasteiger partial charge >= 0.3 is 0 Å². The lowest BCUT2D eigenvalue weighted by Gasteiger charge is -2.21. The van der Waals surface area contributed by atoms with Gasteiger partial charge < -0.3 is 52.8 Å². The van der Waals surface area contributed by atoms with Crippen LogP contribution in [0.15, 0.2) is 25.7 Å². The molecule has 2 N–H and O–H groups in total. The van der Waals surface area contributed by atoms with Crippen LogP contribution in [0.4, 0.5) is 0 Å². The summed E-state index contributed by atoms with van der Waals surface area (Å²) >= 11 is 0. The van der Waals surface area contributed by atoms with Crippen molar-refractivity contribution in [2.45, 2.75) is 117 Å². The minimum absolute atomic E-state index is 0.00594. The predicted octanol–water partition coefficient (Wildman–Crippen LogP) is 3.89. The summed E-state index contributed by atoms with van der Waals surface area (Å²) in [5.74, 6) is 0. The Morgan fingerprint density at radius 3 is 0.762 bits per heavy atom. The van der Waals surface area contributed by atoms with Crippen molar-refractivity contribution in [1.82, 2.24) is 0 Å². The lowest BCUT2D eigenvalue weighted by Crippen LogP contribution is -2.28. The van der Waals surface area contributed by atoms with Gasteiger partial charge in [-0.2, -0.15) is 0 Å². The van der Waals surface area contributed by atoms with E-state index in [1.165, 1.54) is 12.5 Å². The van der Waals surface area contributed by atoms with Gasteiger partial charge in [-0.3, -0.25) is 0 Å². The van der Waals surface area contributed by atoms with Crippen LogP contribution in [0.25, 0.3) is 0 Å². The monoisotopic (exact) mass is 610 g/mol. The molecule has 0 saturated heterocycles. The van der Waals surface area contributed by atoms with Crippen LogP contribution in [0, 0.1) is 0 Å². The summed E-state index contributed by atoms with van der Waals surface area (Å²) in [6.07, 6.45) is 2.37. The summed E-state index contributed by atoms with van der Waals surface area (Å²) < 4.78 is 49.3. The fourth-order valence-electron chi connectivity index (χ4n) is 2.85. The van der Waals surface area contributed by atoms with E-state index in [-0.39, 0.29) is 68.1 Å². The summed E-state index contributed by atoms with van der Waals surface area (Å²) in [5, 5.41) is 17.7. The second-order valence-electron chi connectivity index (χ2n) is 10.6. The van der Waals surface area contributed by atoms with E-state index >= 15 is 0 Å². The molecule has 0 aliphatic heterocycles. The standard InChI is InChI=1S/C17H34O6.C14H28O5/c1-7-19-14(3)9-21-16(5)11-23-17(6)12-22-15(4)10-20-13(2)8-18;1-6-16-12(3)8-18-14(5)10-19-13(4)9-17-11(2)7-15/h7,13-18H,1,8-12H2,2-6H3;6,11-15H,1,7-10H2,2-5H3. The van der Waals surface area contributed by atoms with Crippen LogP contribution in [0.2, 0.25) is 0 Å². The van der Waals surface area contributed by atoms with E-state index < -0.39 is 0 Å². The van der Waals surface area contributed by atoms with Crippen LogP contribution >= 0.6 is 0 Å². The van der Waals surface area contributed by atoms with Gasteiger partial charge in [0.1, 0.15) is 12.2 Å². The summed E-state index contributed by atoms with van der Waals surface area (Å²) in [5.41, 5.74) is 0. The molecular formula is C31H62O11. The molecule has 252 valence electrons. The zero-order valence-electron chi connectivity index (χ0n) is 27.7. The van der Waals surface area contributed by atoms with Crippen LogP contribution in [0.5, 0.6) is 0 Å². The Balaban J connectivity index is 0. The van der Waals surface area contributed by atoms with E-state index in [1.807, 2.05) is 62.3 Å². The summed E-state index contributed by atoms with van der Waals surface area (Å²) in [4.78, 5) is 0. The average molecular weight is 611 g/mol. The van der Waals surface area contributed by atoms with Crippen molar-refractivity contribution in [2.24, 2.45) is 0 Å². The largest absolute Gasteiger partial charge is 0.497 e. The molecule has 9 atom stereocenters. The maximum absolute atomic E-state index is 8.89. The van der Waals surface area contributed by atoms with Crippen LogP contribution in [-0.2, 0) is 42.6 Å². The molecule has 0 radical (unpaired) electrons. The molecule has 0 heterocycles. The van der Waals surface area contributed by atoms with Gasteiger partial charge in [-0.25, -0.2) is 0 Å². The second-order valence-corrected chi connectivity index (χ2v) is 10.6. The molecular weight excluding hydrogens is 548 g/mol. The Morgan fingerprint density at radius 2 is 0.571 bits per heavy atom. The minimum Gasteiger partial charge on any atom is -0.497 e. The molecule has 0 fully saturated rings. The van der Waals surface area contributed by atoms with Crippen molar-refractivity contribution < 1.29 is 52.8 Å². The van der Waals surface area contributed by atoms with Gasteiger partial charge in [-0.1, -0.05) is 13.2 Å². The Bertz CT molecular complexity index is 609. The number of rotatable bonds is 27. The number of hydrogen-bond donors (Lipinski definition) is 2. The third-order valence-electron chi connectivity index (χ3n) is 5.48. The van der Waals surface area contributed by atoms with E-state index in [1.54, 1.807) is 0 Å². The van der Waals surface area contributed by atoms with Crippen LogP contribution < -0.4 is 0 Å². The Kier molecular flexibility index (Phi) is 29.1. The smallest absolute Gasteiger partial charge is 0.118 e. The highest BCUT2D eigenvalue weighted by Crippen LogP contribution is 2.04. The molecule has 0 aliphatic rings. The van der Waals surface area contributed by atoms with Gasteiger partial charge in [-0.15, -0.1) is 0 Å². The van der Waals surface area contributed by atoms with Gasteiger partial charge in [0.15, 0.2) is 0 Å². The maximum Gasteiger partial charge on any atom is 0.118 e. The number of aliphatic hydroxyl groups excluding tert-OH is 2.